The van der Waals surface area contributed by atoms with Crippen LogP contribution in [0, 0.1) is 5.92 Å². The zero-order valence-electron chi connectivity index (χ0n) is 15.9. The van der Waals surface area contributed by atoms with Crippen LogP contribution in [-0.2, 0) is 4.74 Å². The lowest BCUT2D eigenvalue weighted by atomic mass is 9.93. The van der Waals surface area contributed by atoms with Crippen molar-refractivity contribution >= 4 is 5.69 Å². The summed E-state index contributed by atoms with van der Waals surface area (Å²) in [4.78, 5) is 2.13. The number of hydrogen-bond acceptors (Lipinski definition) is 5. The number of morpholine rings is 1. The smallest absolute Gasteiger partial charge is 0.406 e. The van der Waals surface area contributed by atoms with Gasteiger partial charge in [-0.15, -0.1) is 13.2 Å². The van der Waals surface area contributed by atoms with Crippen LogP contribution >= 0.6 is 0 Å². The van der Waals surface area contributed by atoms with Crippen molar-refractivity contribution in [2.75, 3.05) is 37.7 Å². The van der Waals surface area contributed by atoms with Crippen LogP contribution in [-0.4, -0.2) is 57.3 Å². The summed E-state index contributed by atoms with van der Waals surface area (Å²) >= 11 is 0. The van der Waals surface area contributed by atoms with E-state index in [0.717, 1.165) is 45.0 Å². The van der Waals surface area contributed by atoms with E-state index in [9.17, 15) is 13.2 Å². The van der Waals surface area contributed by atoms with Crippen LogP contribution in [0.4, 0.5) is 18.9 Å². The van der Waals surface area contributed by atoms with Crippen molar-refractivity contribution < 1.29 is 22.6 Å². The second-order valence-corrected chi connectivity index (χ2v) is 7.98. The van der Waals surface area contributed by atoms with Gasteiger partial charge in [-0.05, 0) is 37.3 Å². The Bertz CT molecular complexity index is 652. The van der Waals surface area contributed by atoms with Crippen LogP contribution in [0.25, 0.3) is 0 Å². The quantitative estimate of drug-likeness (QED) is 0.797. The second kappa shape index (κ2) is 8.47. The predicted octanol–water partition coefficient (Wildman–Crippen LogP) is 2.91. The molecule has 0 spiro atoms. The third kappa shape index (κ3) is 4.90. The first-order chi connectivity index (χ1) is 13.5. The minimum Gasteiger partial charge on any atom is -0.406 e. The SMILES string of the molecule is FC(F)(F)Oc1cccc(N2CCC(NC3CCCC3C3COCCN3)C2)c1. The number of nitrogens with one attached hydrogen (secondary N) is 2. The minimum absolute atomic E-state index is 0.166. The molecule has 5 nitrogen and oxygen atoms in total. The van der Waals surface area contributed by atoms with Crippen LogP contribution in [0.3, 0.4) is 0 Å². The Hall–Kier alpha value is -1.51. The van der Waals surface area contributed by atoms with Gasteiger partial charge in [0.2, 0.25) is 0 Å². The molecule has 156 valence electrons. The third-order valence-corrected chi connectivity index (χ3v) is 6.09. The summed E-state index contributed by atoms with van der Waals surface area (Å²) in [5, 5.41) is 7.42. The summed E-state index contributed by atoms with van der Waals surface area (Å²) in [6.07, 6.45) is -0.0573. The lowest BCUT2D eigenvalue weighted by Gasteiger charge is -2.34. The molecule has 1 aromatic carbocycles. The third-order valence-electron chi connectivity index (χ3n) is 6.09. The molecular formula is C20H28F3N3O2. The first kappa shape index (κ1) is 19.8. The standard InChI is InChI=1S/C20H28F3N3O2/c21-20(22,23)28-16-4-1-3-15(11-16)26-9-7-14(12-26)25-18-6-2-5-17(18)19-13-27-10-8-24-19/h1,3-4,11,14,17-19,24-25H,2,5-10,12-13H2. The molecule has 4 atom stereocenters. The summed E-state index contributed by atoms with van der Waals surface area (Å²) in [6, 6.07) is 7.50. The van der Waals surface area contributed by atoms with Gasteiger partial charge in [-0.1, -0.05) is 12.5 Å². The van der Waals surface area contributed by atoms with Gasteiger partial charge in [0, 0.05) is 49.5 Å². The van der Waals surface area contributed by atoms with Gasteiger partial charge in [0.1, 0.15) is 5.75 Å². The molecule has 2 N–H and O–H groups in total. The van der Waals surface area contributed by atoms with Gasteiger partial charge in [0.15, 0.2) is 0 Å². The van der Waals surface area contributed by atoms with E-state index in [1.165, 1.54) is 31.4 Å². The molecule has 0 amide bonds. The molecule has 2 heterocycles. The topological polar surface area (TPSA) is 45.8 Å². The lowest BCUT2D eigenvalue weighted by molar-refractivity contribution is -0.274. The van der Waals surface area contributed by atoms with E-state index >= 15 is 0 Å². The van der Waals surface area contributed by atoms with Gasteiger partial charge >= 0.3 is 6.36 Å². The van der Waals surface area contributed by atoms with E-state index in [-0.39, 0.29) is 5.75 Å². The van der Waals surface area contributed by atoms with Gasteiger partial charge in [-0.25, -0.2) is 0 Å². The minimum atomic E-state index is -4.66. The number of hydrogen-bond donors (Lipinski definition) is 2. The Morgan fingerprint density at radius 1 is 1.21 bits per heavy atom. The van der Waals surface area contributed by atoms with Crippen molar-refractivity contribution in [1.29, 1.82) is 0 Å². The highest BCUT2D eigenvalue weighted by molar-refractivity contribution is 5.51. The summed E-state index contributed by atoms with van der Waals surface area (Å²) in [6.45, 7) is 4.12. The molecule has 0 radical (unpaired) electrons. The average Bonchev–Trinajstić information content (AvgIpc) is 3.31. The van der Waals surface area contributed by atoms with Crippen LogP contribution in [0.1, 0.15) is 25.7 Å². The average molecular weight is 399 g/mol. The van der Waals surface area contributed by atoms with Crippen LogP contribution in [0.15, 0.2) is 24.3 Å². The van der Waals surface area contributed by atoms with E-state index < -0.39 is 6.36 Å². The molecule has 0 aromatic heterocycles. The summed E-state index contributed by atoms with van der Waals surface area (Å²) in [5.41, 5.74) is 0.774. The van der Waals surface area contributed by atoms with Crippen molar-refractivity contribution in [3.05, 3.63) is 24.3 Å². The van der Waals surface area contributed by atoms with Gasteiger partial charge in [-0.2, -0.15) is 0 Å². The number of ether oxygens (including phenoxy) is 2. The zero-order chi connectivity index (χ0) is 19.6. The highest BCUT2D eigenvalue weighted by Gasteiger charge is 2.37. The van der Waals surface area contributed by atoms with Crippen LogP contribution in [0.2, 0.25) is 0 Å². The number of rotatable bonds is 5. The maximum absolute atomic E-state index is 12.5. The normalized spacial score (nSPS) is 31.3. The molecule has 28 heavy (non-hydrogen) atoms. The fraction of sp³-hybridized carbons (Fsp3) is 0.700. The monoisotopic (exact) mass is 399 g/mol. The van der Waals surface area contributed by atoms with Gasteiger partial charge < -0.3 is 25.0 Å². The molecule has 4 rings (SSSR count). The molecule has 2 aliphatic heterocycles. The number of nitrogens with zero attached hydrogens (tertiary/aromatic N) is 1. The molecule has 1 aromatic rings. The molecule has 3 aliphatic rings. The first-order valence-electron chi connectivity index (χ1n) is 10.2. The Morgan fingerprint density at radius 3 is 2.89 bits per heavy atom. The maximum atomic E-state index is 12.5. The van der Waals surface area contributed by atoms with Crippen LogP contribution in [0.5, 0.6) is 5.75 Å². The van der Waals surface area contributed by atoms with Crippen LogP contribution < -0.4 is 20.3 Å². The van der Waals surface area contributed by atoms with E-state index in [0.29, 0.717) is 24.0 Å². The summed E-state index contributed by atoms with van der Waals surface area (Å²) in [5.74, 6) is 0.415. The molecular weight excluding hydrogens is 371 g/mol. The van der Waals surface area contributed by atoms with E-state index in [1.54, 1.807) is 6.07 Å². The second-order valence-electron chi connectivity index (χ2n) is 7.98. The molecule has 8 heteroatoms. The van der Waals surface area contributed by atoms with Crippen molar-refractivity contribution in [3.63, 3.8) is 0 Å². The molecule has 3 fully saturated rings. The molecule has 0 bridgehead atoms. The maximum Gasteiger partial charge on any atom is 0.573 e. The molecule has 1 aliphatic carbocycles. The Kier molecular flexibility index (Phi) is 5.99. The van der Waals surface area contributed by atoms with E-state index in [4.69, 9.17) is 4.74 Å². The predicted molar refractivity (Wildman–Crippen MR) is 101 cm³/mol. The number of halogens is 3. The Labute approximate surface area is 163 Å². The lowest BCUT2D eigenvalue weighted by Crippen LogP contribution is -2.52. The van der Waals surface area contributed by atoms with Gasteiger partial charge in [-0.3, -0.25) is 0 Å². The number of anilines is 1. The van der Waals surface area contributed by atoms with Crippen molar-refractivity contribution in [3.8, 4) is 5.75 Å². The van der Waals surface area contributed by atoms with Crippen molar-refractivity contribution in [2.24, 2.45) is 5.92 Å². The van der Waals surface area contributed by atoms with Gasteiger partial charge in [0.25, 0.3) is 0 Å². The summed E-state index contributed by atoms with van der Waals surface area (Å²) in [7, 11) is 0. The fourth-order valence-electron chi connectivity index (χ4n) is 4.85. The van der Waals surface area contributed by atoms with Crippen molar-refractivity contribution in [1.82, 2.24) is 10.6 Å². The largest absolute Gasteiger partial charge is 0.573 e. The highest BCUT2D eigenvalue weighted by Crippen LogP contribution is 2.32. The Morgan fingerprint density at radius 2 is 2.11 bits per heavy atom. The number of alkyl halides is 3. The van der Waals surface area contributed by atoms with E-state index in [2.05, 4.69) is 20.3 Å². The first-order valence-corrected chi connectivity index (χ1v) is 10.2. The molecule has 2 saturated heterocycles. The Balaban J connectivity index is 1.33. The zero-order valence-corrected chi connectivity index (χ0v) is 15.9. The molecule has 1 saturated carbocycles. The fourth-order valence-corrected chi connectivity index (χ4v) is 4.85. The number of benzene rings is 1. The molecule has 4 unspecified atom stereocenters. The summed E-state index contributed by atoms with van der Waals surface area (Å²) < 4.78 is 47.1. The van der Waals surface area contributed by atoms with E-state index in [1.807, 2.05) is 6.07 Å². The van der Waals surface area contributed by atoms with Gasteiger partial charge in [0.05, 0.1) is 13.2 Å². The van der Waals surface area contributed by atoms with Crippen molar-refractivity contribution in [2.45, 2.75) is 50.2 Å². The highest BCUT2D eigenvalue weighted by atomic mass is 19.4.